The van der Waals surface area contributed by atoms with Crippen molar-refractivity contribution in [2.24, 2.45) is 0 Å². The van der Waals surface area contributed by atoms with Crippen LogP contribution in [-0.4, -0.2) is 0 Å². The maximum absolute atomic E-state index is 6.15. The lowest BCUT2D eigenvalue weighted by atomic mass is 9.97. The minimum atomic E-state index is 0.930. The molecule has 0 saturated carbocycles. The van der Waals surface area contributed by atoms with Gasteiger partial charge in [0.25, 0.3) is 0 Å². The highest BCUT2D eigenvalue weighted by Crippen LogP contribution is 2.41. The molecule has 2 heterocycles. The van der Waals surface area contributed by atoms with Crippen molar-refractivity contribution in [3.63, 3.8) is 0 Å². The van der Waals surface area contributed by atoms with Gasteiger partial charge in [0.05, 0.1) is 0 Å². The fourth-order valence-electron chi connectivity index (χ4n) is 4.08. The molecule has 0 aliphatic carbocycles. The van der Waals surface area contributed by atoms with Gasteiger partial charge in [-0.3, -0.25) is 0 Å². The molecule has 4 aromatic carbocycles. The van der Waals surface area contributed by atoms with Crippen LogP contribution in [0.25, 0.3) is 54.6 Å². The van der Waals surface area contributed by atoms with E-state index in [9.17, 15) is 0 Å². The molecule has 2 heteroatoms. The second-order valence-corrected chi connectivity index (χ2v) is 6.63. The number of hydrogen-bond donors (Lipinski definition) is 0. The minimum absolute atomic E-state index is 0.930. The Morgan fingerprint density at radius 2 is 1.24 bits per heavy atom. The third kappa shape index (κ3) is 1.59. The minimum Gasteiger partial charge on any atom is -0.456 e. The third-order valence-electron chi connectivity index (χ3n) is 5.17. The molecule has 0 radical (unpaired) electrons. The first-order valence-electron chi connectivity index (χ1n) is 8.46. The molecule has 0 aliphatic rings. The lowest BCUT2D eigenvalue weighted by Crippen LogP contribution is -1.80. The van der Waals surface area contributed by atoms with E-state index in [-0.39, 0.29) is 0 Å². The molecule has 25 heavy (non-hydrogen) atoms. The number of hydrogen-bond acceptors (Lipinski definition) is 2. The van der Waals surface area contributed by atoms with Crippen LogP contribution in [0.1, 0.15) is 5.56 Å². The number of rotatable bonds is 0. The monoisotopic (exact) mass is 322 g/mol. The van der Waals surface area contributed by atoms with Gasteiger partial charge in [-0.05, 0) is 53.6 Å². The van der Waals surface area contributed by atoms with Gasteiger partial charge in [0.15, 0.2) is 0 Å². The molecule has 6 aromatic rings. The van der Waals surface area contributed by atoms with Crippen molar-refractivity contribution in [3.8, 4) is 0 Å². The molecule has 0 atom stereocenters. The van der Waals surface area contributed by atoms with E-state index in [0.29, 0.717) is 0 Å². The van der Waals surface area contributed by atoms with Crippen molar-refractivity contribution in [2.75, 3.05) is 0 Å². The van der Waals surface area contributed by atoms with E-state index < -0.39 is 0 Å². The molecule has 0 unspecified atom stereocenters. The smallest absolute Gasteiger partial charge is 0.138 e. The number of para-hydroxylation sites is 2. The first-order valence-corrected chi connectivity index (χ1v) is 8.46. The van der Waals surface area contributed by atoms with E-state index in [1.807, 2.05) is 24.3 Å². The van der Waals surface area contributed by atoms with Crippen molar-refractivity contribution in [2.45, 2.75) is 6.92 Å². The van der Waals surface area contributed by atoms with Gasteiger partial charge >= 0.3 is 0 Å². The lowest BCUT2D eigenvalue weighted by molar-refractivity contribution is 0.666. The van der Waals surface area contributed by atoms with Crippen LogP contribution in [0, 0.1) is 6.92 Å². The molecule has 0 fully saturated rings. The summed E-state index contributed by atoms with van der Waals surface area (Å²) in [5.41, 5.74) is 4.92. The predicted octanol–water partition coefficient (Wildman–Crippen LogP) is 6.95. The van der Waals surface area contributed by atoms with Crippen molar-refractivity contribution < 1.29 is 8.83 Å². The van der Waals surface area contributed by atoms with Crippen molar-refractivity contribution >= 4 is 54.6 Å². The van der Waals surface area contributed by atoms with E-state index >= 15 is 0 Å². The van der Waals surface area contributed by atoms with E-state index in [2.05, 4.69) is 49.4 Å². The maximum atomic E-state index is 6.15. The average Bonchev–Trinajstić information content (AvgIpc) is 3.21. The normalized spacial score (nSPS) is 12.2. The maximum Gasteiger partial charge on any atom is 0.138 e. The van der Waals surface area contributed by atoms with Crippen LogP contribution in [0.15, 0.2) is 75.6 Å². The molecule has 118 valence electrons. The topological polar surface area (TPSA) is 26.3 Å². The zero-order valence-corrected chi connectivity index (χ0v) is 13.7. The van der Waals surface area contributed by atoms with Crippen molar-refractivity contribution in [3.05, 3.63) is 72.3 Å². The van der Waals surface area contributed by atoms with E-state index in [1.54, 1.807) is 0 Å². The SMILES string of the molecule is Cc1cc2c(ccc3oc4ccccc4c32)c2c1oc1ccccc12. The molecule has 0 bridgehead atoms. The van der Waals surface area contributed by atoms with Gasteiger partial charge in [0.2, 0.25) is 0 Å². The molecule has 0 spiro atoms. The standard InChI is InChI=1S/C23H14O2/c1-13-12-17-14(22-16-7-3-5-9-19(16)25-23(13)22)10-11-20-21(17)15-6-2-4-8-18(15)24-20/h2-12H,1H3. The molecule has 2 aromatic heterocycles. The Hall–Kier alpha value is -3.26. The molecule has 0 N–H and O–H groups in total. The fourth-order valence-corrected chi connectivity index (χ4v) is 4.08. The summed E-state index contributed by atoms with van der Waals surface area (Å²) in [6, 6.07) is 23.0. The molecule has 6 rings (SSSR count). The molecular formula is C23H14O2. The van der Waals surface area contributed by atoms with Crippen LogP contribution in [-0.2, 0) is 0 Å². The Morgan fingerprint density at radius 3 is 2.04 bits per heavy atom. The summed E-state index contributed by atoms with van der Waals surface area (Å²) < 4.78 is 12.2. The van der Waals surface area contributed by atoms with Crippen molar-refractivity contribution in [1.29, 1.82) is 0 Å². The third-order valence-corrected chi connectivity index (χ3v) is 5.17. The fraction of sp³-hybridized carbons (Fsp3) is 0.0435. The number of benzene rings is 4. The summed E-state index contributed by atoms with van der Waals surface area (Å²) in [4.78, 5) is 0. The van der Waals surface area contributed by atoms with Gasteiger partial charge in [0.1, 0.15) is 22.3 Å². The molecular weight excluding hydrogens is 308 g/mol. The lowest BCUT2D eigenvalue weighted by Gasteiger charge is -2.04. The second kappa shape index (κ2) is 4.42. The van der Waals surface area contributed by atoms with Crippen LogP contribution in [0.4, 0.5) is 0 Å². The first kappa shape index (κ1) is 13.1. The summed E-state index contributed by atoms with van der Waals surface area (Å²) in [7, 11) is 0. The summed E-state index contributed by atoms with van der Waals surface area (Å²) in [6.45, 7) is 2.12. The largest absolute Gasteiger partial charge is 0.456 e. The van der Waals surface area contributed by atoms with E-state index in [1.165, 1.54) is 26.9 Å². The Labute approximate surface area is 143 Å². The number of furan rings is 2. The van der Waals surface area contributed by atoms with Gasteiger partial charge in [-0.25, -0.2) is 0 Å². The zero-order valence-electron chi connectivity index (χ0n) is 13.7. The number of aryl methyl sites for hydroxylation is 1. The Balaban J connectivity index is 1.96. The quantitative estimate of drug-likeness (QED) is 0.302. The van der Waals surface area contributed by atoms with Gasteiger partial charge in [0, 0.05) is 21.5 Å². The van der Waals surface area contributed by atoms with Crippen LogP contribution in [0.5, 0.6) is 0 Å². The second-order valence-electron chi connectivity index (χ2n) is 6.63. The predicted molar refractivity (Wildman–Crippen MR) is 103 cm³/mol. The van der Waals surface area contributed by atoms with Gasteiger partial charge in [-0.15, -0.1) is 0 Å². The van der Waals surface area contributed by atoms with Crippen LogP contribution < -0.4 is 0 Å². The Morgan fingerprint density at radius 1 is 0.560 bits per heavy atom. The highest BCUT2D eigenvalue weighted by Gasteiger charge is 2.16. The summed E-state index contributed by atoms with van der Waals surface area (Å²) in [5, 5.41) is 7.14. The molecule has 0 amide bonds. The summed E-state index contributed by atoms with van der Waals surface area (Å²) in [6.07, 6.45) is 0. The zero-order chi connectivity index (χ0) is 16.5. The van der Waals surface area contributed by atoms with Gasteiger partial charge in [-0.1, -0.05) is 36.4 Å². The highest BCUT2D eigenvalue weighted by molar-refractivity contribution is 6.27. The Kier molecular flexibility index (Phi) is 2.31. The van der Waals surface area contributed by atoms with Crippen molar-refractivity contribution in [1.82, 2.24) is 0 Å². The van der Waals surface area contributed by atoms with Crippen LogP contribution in [0.3, 0.4) is 0 Å². The highest BCUT2D eigenvalue weighted by atomic mass is 16.3. The van der Waals surface area contributed by atoms with Gasteiger partial charge < -0.3 is 8.83 Å². The number of fused-ring (bicyclic) bond motifs is 9. The van der Waals surface area contributed by atoms with Crippen LogP contribution in [0.2, 0.25) is 0 Å². The first-order chi connectivity index (χ1) is 12.3. The molecule has 0 saturated heterocycles. The van der Waals surface area contributed by atoms with Crippen LogP contribution >= 0.6 is 0 Å². The summed E-state index contributed by atoms with van der Waals surface area (Å²) >= 11 is 0. The Bertz CT molecular complexity index is 1450. The van der Waals surface area contributed by atoms with Gasteiger partial charge in [-0.2, -0.15) is 0 Å². The van der Waals surface area contributed by atoms with E-state index in [4.69, 9.17) is 8.83 Å². The molecule has 0 aliphatic heterocycles. The average molecular weight is 322 g/mol. The molecule has 2 nitrogen and oxygen atoms in total. The summed E-state index contributed by atoms with van der Waals surface area (Å²) in [5.74, 6) is 0. The van der Waals surface area contributed by atoms with E-state index in [0.717, 1.165) is 33.3 Å².